The Morgan fingerprint density at radius 2 is 2.23 bits per heavy atom. The number of carbonyl (C=O) groups is 1. The van der Waals surface area contributed by atoms with Crippen LogP contribution in [0.5, 0.6) is 0 Å². The van der Waals surface area contributed by atoms with E-state index < -0.39 is 18.1 Å². The molecule has 0 unspecified atom stereocenters. The molecular formula is C7H4BrF2NO2. The normalized spacial score (nSPS) is 10.5. The maximum absolute atomic E-state index is 12.1. The summed E-state index contributed by atoms with van der Waals surface area (Å²) >= 11 is 2.89. The van der Waals surface area contributed by atoms with Gasteiger partial charge in [-0.15, -0.1) is 0 Å². The van der Waals surface area contributed by atoms with Crippen LogP contribution in [-0.4, -0.2) is 16.1 Å². The minimum absolute atomic E-state index is 0.185. The molecule has 0 saturated carbocycles. The van der Waals surface area contributed by atoms with Crippen molar-refractivity contribution in [2.45, 2.75) is 6.43 Å². The van der Waals surface area contributed by atoms with E-state index in [1.807, 2.05) is 0 Å². The van der Waals surface area contributed by atoms with Crippen LogP contribution >= 0.6 is 15.9 Å². The van der Waals surface area contributed by atoms with Crippen LogP contribution in [0.1, 0.15) is 22.5 Å². The van der Waals surface area contributed by atoms with Crippen molar-refractivity contribution in [3.05, 3.63) is 28.0 Å². The van der Waals surface area contributed by atoms with Crippen molar-refractivity contribution in [2.75, 3.05) is 0 Å². The van der Waals surface area contributed by atoms with Crippen molar-refractivity contribution < 1.29 is 18.7 Å². The van der Waals surface area contributed by atoms with Crippen molar-refractivity contribution in [1.82, 2.24) is 4.98 Å². The van der Waals surface area contributed by atoms with Gasteiger partial charge in [-0.1, -0.05) is 0 Å². The van der Waals surface area contributed by atoms with E-state index in [-0.39, 0.29) is 10.0 Å². The molecular weight excluding hydrogens is 248 g/mol. The van der Waals surface area contributed by atoms with Gasteiger partial charge in [-0.25, -0.2) is 13.6 Å². The van der Waals surface area contributed by atoms with Crippen molar-refractivity contribution in [3.8, 4) is 0 Å². The fraction of sp³-hybridized carbons (Fsp3) is 0.143. The maximum Gasteiger partial charge on any atom is 0.336 e. The molecule has 0 saturated heterocycles. The molecule has 1 rings (SSSR count). The molecule has 6 heteroatoms. The first-order valence-corrected chi connectivity index (χ1v) is 3.98. The molecule has 70 valence electrons. The summed E-state index contributed by atoms with van der Waals surface area (Å²) in [6.45, 7) is 0. The molecule has 0 bridgehead atoms. The van der Waals surface area contributed by atoms with Crippen LogP contribution in [0.3, 0.4) is 0 Å². The number of pyridine rings is 1. The summed E-state index contributed by atoms with van der Waals surface area (Å²) in [5.74, 6) is -1.27. The van der Waals surface area contributed by atoms with Crippen LogP contribution in [0.2, 0.25) is 0 Å². The number of alkyl halides is 2. The van der Waals surface area contributed by atoms with Crippen LogP contribution in [0.4, 0.5) is 8.78 Å². The van der Waals surface area contributed by atoms with Gasteiger partial charge < -0.3 is 5.11 Å². The first-order valence-electron chi connectivity index (χ1n) is 3.19. The first-order chi connectivity index (χ1) is 6.02. The van der Waals surface area contributed by atoms with Gasteiger partial charge in [-0.3, -0.25) is 4.98 Å². The van der Waals surface area contributed by atoms with Gasteiger partial charge >= 0.3 is 5.97 Å². The predicted octanol–water partition coefficient (Wildman–Crippen LogP) is 2.48. The summed E-state index contributed by atoms with van der Waals surface area (Å²) in [4.78, 5) is 13.9. The quantitative estimate of drug-likeness (QED) is 0.879. The van der Waals surface area contributed by atoms with E-state index in [1.165, 1.54) is 0 Å². The molecule has 0 aliphatic heterocycles. The summed E-state index contributed by atoms with van der Waals surface area (Å²) in [7, 11) is 0. The van der Waals surface area contributed by atoms with Crippen LogP contribution in [0, 0.1) is 0 Å². The first kappa shape index (κ1) is 10.0. The Hall–Kier alpha value is -1.04. The zero-order valence-electron chi connectivity index (χ0n) is 6.17. The van der Waals surface area contributed by atoms with E-state index in [0.29, 0.717) is 0 Å². The summed E-state index contributed by atoms with van der Waals surface area (Å²) in [5, 5.41) is 8.57. The Morgan fingerprint density at radius 3 is 2.69 bits per heavy atom. The molecule has 13 heavy (non-hydrogen) atoms. The van der Waals surface area contributed by atoms with E-state index >= 15 is 0 Å². The Bertz CT molecular complexity index is 343. The molecule has 3 nitrogen and oxygen atoms in total. The molecule has 0 atom stereocenters. The van der Waals surface area contributed by atoms with E-state index in [9.17, 15) is 13.6 Å². The van der Waals surface area contributed by atoms with Crippen LogP contribution in [-0.2, 0) is 0 Å². The lowest BCUT2D eigenvalue weighted by molar-refractivity contribution is 0.0695. The summed E-state index contributed by atoms with van der Waals surface area (Å²) < 4.78 is 24.3. The summed E-state index contributed by atoms with van der Waals surface area (Å²) in [6.07, 6.45) is -1.71. The van der Waals surface area contributed by atoms with E-state index in [0.717, 1.165) is 12.3 Å². The van der Waals surface area contributed by atoms with Crippen LogP contribution in [0.15, 0.2) is 16.7 Å². The fourth-order valence-corrected chi connectivity index (χ4v) is 1.12. The molecule has 0 fully saturated rings. The third-order valence-corrected chi connectivity index (χ3v) is 1.96. The Kier molecular flexibility index (Phi) is 2.92. The second-order valence-electron chi connectivity index (χ2n) is 2.19. The van der Waals surface area contributed by atoms with Gasteiger partial charge in [0.05, 0.1) is 10.0 Å². The van der Waals surface area contributed by atoms with Crippen LogP contribution in [0.25, 0.3) is 0 Å². The second-order valence-corrected chi connectivity index (χ2v) is 3.05. The third-order valence-electron chi connectivity index (χ3n) is 1.33. The van der Waals surface area contributed by atoms with E-state index in [2.05, 4.69) is 20.9 Å². The smallest absolute Gasteiger partial charge is 0.336 e. The monoisotopic (exact) mass is 251 g/mol. The Morgan fingerprint density at radius 1 is 1.62 bits per heavy atom. The highest BCUT2D eigenvalue weighted by molar-refractivity contribution is 9.10. The van der Waals surface area contributed by atoms with Gasteiger partial charge in [-0.05, 0) is 22.0 Å². The topological polar surface area (TPSA) is 50.2 Å². The molecule has 0 amide bonds. The average Bonchev–Trinajstić information content (AvgIpc) is 2.04. The largest absolute Gasteiger partial charge is 0.478 e. The van der Waals surface area contributed by atoms with Gasteiger partial charge in [0.15, 0.2) is 0 Å². The number of carboxylic acids is 1. The second kappa shape index (κ2) is 3.78. The summed E-state index contributed by atoms with van der Waals surface area (Å²) in [5.41, 5.74) is -0.758. The molecule has 1 aromatic rings. The van der Waals surface area contributed by atoms with Gasteiger partial charge in [-0.2, -0.15) is 0 Å². The minimum Gasteiger partial charge on any atom is -0.478 e. The standard InChI is InChI=1S/C7H4BrF2NO2/c8-4-2-11-5(6(9)10)1-3(4)7(12)13/h1-2,6H,(H,12,13). The fourth-order valence-electron chi connectivity index (χ4n) is 0.738. The van der Waals surface area contributed by atoms with Crippen molar-refractivity contribution in [3.63, 3.8) is 0 Å². The van der Waals surface area contributed by atoms with Gasteiger partial charge in [0.2, 0.25) is 0 Å². The van der Waals surface area contributed by atoms with Gasteiger partial charge in [0, 0.05) is 6.20 Å². The maximum atomic E-state index is 12.1. The molecule has 0 aliphatic carbocycles. The molecule has 0 radical (unpaired) electrons. The molecule has 0 aliphatic rings. The highest BCUT2D eigenvalue weighted by atomic mass is 79.9. The molecule has 0 spiro atoms. The SMILES string of the molecule is O=C(O)c1cc(C(F)F)ncc1Br. The Balaban J connectivity index is 3.19. The third kappa shape index (κ3) is 2.21. The number of hydrogen-bond acceptors (Lipinski definition) is 2. The number of aromatic carboxylic acids is 1. The summed E-state index contributed by atoms with van der Waals surface area (Å²) in [6, 6.07) is 0.844. The number of rotatable bonds is 2. The number of hydrogen-bond donors (Lipinski definition) is 1. The highest BCUT2D eigenvalue weighted by Crippen LogP contribution is 2.22. The molecule has 1 heterocycles. The lowest BCUT2D eigenvalue weighted by Gasteiger charge is -2.01. The van der Waals surface area contributed by atoms with Crippen molar-refractivity contribution in [2.24, 2.45) is 0 Å². The van der Waals surface area contributed by atoms with Crippen LogP contribution < -0.4 is 0 Å². The lowest BCUT2D eigenvalue weighted by Crippen LogP contribution is -2.01. The van der Waals surface area contributed by atoms with E-state index in [4.69, 9.17) is 5.11 Å². The van der Waals surface area contributed by atoms with Crippen molar-refractivity contribution in [1.29, 1.82) is 0 Å². The predicted molar refractivity (Wildman–Crippen MR) is 43.9 cm³/mol. The number of nitrogens with zero attached hydrogens (tertiary/aromatic N) is 1. The number of aromatic nitrogens is 1. The van der Waals surface area contributed by atoms with Gasteiger partial charge in [0.25, 0.3) is 6.43 Å². The number of carboxylic acid groups (broad SMARTS) is 1. The van der Waals surface area contributed by atoms with E-state index in [1.54, 1.807) is 0 Å². The van der Waals surface area contributed by atoms with Gasteiger partial charge in [0.1, 0.15) is 5.69 Å². The Labute approximate surface area is 80.5 Å². The van der Waals surface area contributed by atoms with Crippen molar-refractivity contribution >= 4 is 21.9 Å². The molecule has 1 N–H and O–H groups in total. The number of halogens is 3. The lowest BCUT2D eigenvalue weighted by atomic mass is 10.2. The zero-order valence-corrected chi connectivity index (χ0v) is 7.75. The highest BCUT2D eigenvalue weighted by Gasteiger charge is 2.14. The zero-order chi connectivity index (χ0) is 10.0. The molecule has 0 aromatic carbocycles. The average molecular weight is 252 g/mol. The molecule has 1 aromatic heterocycles. The minimum atomic E-state index is -2.76.